The van der Waals surface area contributed by atoms with Crippen molar-refractivity contribution in [3.63, 3.8) is 0 Å². The van der Waals surface area contributed by atoms with E-state index in [9.17, 15) is 16.8 Å². The van der Waals surface area contributed by atoms with Gasteiger partial charge in [-0.05, 0) is 59.1 Å². The van der Waals surface area contributed by atoms with Crippen molar-refractivity contribution in [1.82, 2.24) is 8.61 Å². The molecule has 1 aromatic heterocycles. The minimum atomic E-state index is -3.64. The fourth-order valence-corrected chi connectivity index (χ4v) is 8.16. The van der Waals surface area contributed by atoms with E-state index in [1.54, 1.807) is 31.2 Å². The van der Waals surface area contributed by atoms with Gasteiger partial charge in [-0.15, -0.1) is 11.3 Å². The number of nitrogens with zero attached hydrogens (tertiary/aromatic N) is 2. The van der Waals surface area contributed by atoms with E-state index in [1.165, 1.54) is 8.61 Å². The van der Waals surface area contributed by atoms with Crippen LogP contribution in [0.15, 0.2) is 43.2 Å². The van der Waals surface area contributed by atoms with Crippen molar-refractivity contribution in [1.29, 1.82) is 0 Å². The normalized spacial score (nSPS) is 17.5. The Morgan fingerprint density at radius 2 is 1.46 bits per heavy atom. The van der Waals surface area contributed by atoms with Crippen molar-refractivity contribution >= 4 is 47.3 Å². The van der Waals surface area contributed by atoms with Crippen LogP contribution in [0.1, 0.15) is 11.1 Å². The lowest BCUT2D eigenvalue weighted by Gasteiger charge is -2.33. The molecule has 1 aromatic carbocycles. The molecule has 26 heavy (non-hydrogen) atoms. The molecule has 0 N–H and O–H groups in total. The molecule has 0 spiro atoms. The summed E-state index contributed by atoms with van der Waals surface area (Å²) in [4.78, 5) is 0.288. The molecule has 0 amide bonds. The highest BCUT2D eigenvalue weighted by atomic mass is 79.9. The average Bonchev–Trinajstić information content (AvgIpc) is 3.04. The summed E-state index contributed by atoms with van der Waals surface area (Å²) in [5, 5.41) is 0. The Morgan fingerprint density at radius 3 is 2.00 bits per heavy atom. The lowest BCUT2D eigenvalue weighted by molar-refractivity contribution is 0.273. The highest BCUT2D eigenvalue weighted by molar-refractivity contribution is 9.11. The number of sulfonamides is 2. The van der Waals surface area contributed by atoms with Crippen molar-refractivity contribution in [3.05, 3.63) is 45.2 Å². The summed E-state index contributed by atoms with van der Waals surface area (Å²) in [5.41, 5.74) is 1.56. The third-order valence-corrected chi connectivity index (χ3v) is 10.3. The maximum atomic E-state index is 12.9. The van der Waals surface area contributed by atoms with Gasteiger partial charge in [0.1, 0.15) is 4.21 Å². The molecule has 0 radical (unpaired) electrons. The molecular weight excluding hydrogens is 460 g/mol. The largest absolute Gasteiger partial charge is 0.252 e. The molecule has 142 valence electrons. The Bertz CT molecular complexity index is 1020. The maximum absolute atomic E-state index is 12.9. The van der Waals surface area contributed by atoms with Gasteiger partial charge in [0, 0.05) is 26.2 Å². The lowest BCUT2D eigenvalue weighted by atomic mass is 10.2. The van der Waals surface area contributed by atoms with Gasteiger partial charge in [-0.2, -0.15) is 8.61 Å². The molecule has 0 atom stereocenters. The van der Waals surface area contributed by atoms with Gasteiger partial charge in [0.05, 0.1) is 8.68 Å². The zero-order chi connectivity index (χ0) is 19.1. The third-order valence-electron chi connectivity index (χ3n) is 4.30. The van der Waals surface area contributed by atoms with Gasteiger partial charge in [0.15, 0.2) is 0 Å². The van der Waals surface area contributed by atoms with Crippen molar-refractivity contribution in [2.75, 3.05) is 26.2 Å². The molecular formula is C16H19BrN2O4S3. The van der Waals surface area contributed by atoms with Crippen LogP contribution in [0.5, 0.6) is 0 Å². The molecule has 0 aliphatic carbocycles. The molecule has 1 fully saturated rings. The van der Waals surface area contributed by atoms with Gasteiger partial charge in [-0.1, -0.05) is 12.1 Å². The van der Waals surface area contributed by atoms with Crippen LogP contribution in [-0.4, -0.2) is 51.6 Å². The van der Waals surface area contributed by atoms with Crippen molar-refractivity contribution in [3.8, 4) is 0 Å². The van der Waals surface area contributed by atoms with Gasteiger partial charge in [0.25, 0.3) is 10.0 Å². The van der Waals surface area contributed by atoms with Crippen LogP contribution >= 0.6 is 27.3 Å². The fraction of sp³-hybridized carbons (Fsp3) is 0.375. The van der Waals surface area contributed by atoms with Crippen LogP contribution < -0.4 is 0 Å². The molecule has 3 rings (SSSR count). The SMILES string of the molecule is Cc1ccc(C)c(S(=O)(=O)N2CCN(S(=O)(=O)c3ccc(Br)s3)CC2)c1. The van der Waals surface area contributed by atoms with E-state index in [0.717, 1.165) is 20.7 Å². The number of hydrogen-bond acceptors (Lipinski definition) is 5. The smallest absolute Gasteiger partial charge is 0.207 e. The Kier molecular flexibility index (Phi) is 5.63. The van der Waals surface area contributed by atoms with Gasteiger partial charge < -0.3 is 0 Å². The number of benzene rings is 1. The van der Waals surface area contributed by atoms with E-state index in [-0.39, 0.29) is 35.3 Å². The van der Waals surface area contributed by atoms with Gasteiger partial charge >= 0.3 is 0 Å². The van der Waals surface area contributed by atoms with Gasteiger partial charge in [0.2, 0.25) is 10.0 Å². The first kappa shape index (κ1) is 20.0. The van der Waals surface area contributed by atoms with E-state index >= 15 is 0 Å². The van der Waals surface area contributed by atoms with E-state index < -0.39 is 20.0 Å². The number of rotatable bonds is 4. The number of thiophene rings is 1. The minimum absolute atomic E-state index is 0.140. The zero-order valence-electron chi connectivity index (χ0n) is 14.3. The van der Waals surface area contributed by atoms with Crippen LogP contribution in [0, 0.1) is 13.8 Å². The molecule has 0 unspecified atom stereocenters. The molecule has 1 saturated heterocycles. The molecule has 0 saturated carbocycles. The number of aryl methyl sites for hydroxylation is 2. The Hall–Kier alpha value is -0.780. The number of halogens is 1. The standard InChI is InChI=1S/C16H19BrN2O4S3/c1-12-3-4-13(2)14(11-12)25(20,21)18-7-9-19(10-8-18)26(22,23)16-6-5-15(17)24-16/h3-6,11H,7-10H2,1-2H3. The highest BCUT2D eigenvalue weighted by Crippen LogP contribution is 2.30. The zero-order valence-corrected chi connectivity index (χ0v) is 18.4. The van der Waals surface area contributed by atoms with Crippen molar-refractivity contribution < 1.29 is 16.8 Å². The Balaban J connectivity index is 1.79. The second-order valence-electron chi connectivity index (χ2n) is 6.14. The molecule has 1 aliphatic rings. The predicted molar refractivity (Wildman–Crippen MR) is 105 cm³/mol. The topological polar surface area (TPSA) is 74.8 Å². The lowest BCUT2D eigenvalue weighted by Crippen LogP contribution is -2.50. The monoisotopic (exact) mass is 478 g/mol. The molecule has 1 aliphatic heterocycles. The highest BCUT2D eigenvalue weighted by Gasteiger charge is 2.34. The minimum Gasteiger partial charge on any atom is -0.207 e. The van der Waals surface area contributed by atoms with Crippen LogP contribution in [0.2, 0.25) is 0 Å². The fourth-order valence-electron chi connectivity index (χ4n) is 2.84. The Labute approximate surface area is 166 Å². The van der Waals surface area contributed by atoms with Crippen LogP contribution in [0.3, 0.4) is 0 Å². The first-order chi connectivity index (χ1) is 12.1. The van der Waals surface area contributed by atoms with E-state index in [2.05, 4.69) is 15.9 Å². The summed E-state index contributed by atoms with van der Waals surface area (Å²) < 4.78 is 55.0. The Morgan fingerprint density at radius 1 is 0.885 bits per heavy atom. The van der Waals surface area contributed by atoms with Crippen LogP contribution in [-0.2, 0) is 20.0 Å². The molecule has 6 nitrogen and oxygen atoms in total. The first-order valence-corrected chi connectivity index (χ1v) is 12.4. The molecule has 0 bridgehead atoms. The van der Waals surface area contributed by atoms with Gasteiger partial charge in [-0.3, -0.25) is 0 Å². The molecule has 2 aromatic rings. The average molecular weight is 479 g/mol. The van der Waals surface area contributed by atoms with Crippen molar-refractivity contribution in [2.24, 2.45) is 0 Å². The van der Waals surface area contributed by atoms with E-state index in [1.807, 2.05) is 13.0 Å². The predicted octanol–water partition coefficient (Wildman–Crippen LogP) is 2.82. The van der Waals surface area contributed by atoms with Gasteiger partial charge in [-0.25, -0.2) is 16.8 Å². The number of piperazine rings is 1. The summed E-state index contributed by atoms with van der Waals surface area (Å²) in [7, 11) is -7.23. The summed E-state index contributed by atoms with van der Waals surface area (Å²) in [5.74, 6) is 0. The summed E-state index contributed by atoms with van der Waals surface area (Å²) >= 11 is 4.42. The maximum Gasteiger partial charge on any atom is 0.252 e. The van der Waals surface area contributed by atoms with E-state index in [4.69, 9.17) is 0 Å². The second-order valence-corrected chi connectivity index (χ2v) is 12.7. The van der Waals surface area contributed by atoms with Crippen LogP contribution in [0.4, 0.5) is 0 Å². The summed E-state index contributed by atoms with van der Waals surface area (Å²) in [6.45, 7) is 4.18. The van der Waals surface area contributed by atoms with E-state index in [0.29, 0.717) is 5.56 Å². The van der Waals surface area contributed by atoms with Crippen LogP contribution in [0.25, 0.3) is 0 Å². The molecule has 2 heterocycles. The summed E-state index contributed by atoms with van der Waals surface area (Å²) in [6, 6.07) is 8.58. The third kappa shape index (κ3) is 3.76. The molecule has 10 heteroatoms. The number of hydrogen-bond donors (Lipinski definition) is 0. The van der Waals surface area contributed by atoms with Crippen molar-refractivity contribution in [2.45, 2.75) is 23.0 Å². The first-order valence-electron chi connectivity index (χ1n) is 7.95. The summed E-state index contributed by atoms with van der Waals surface area (Å²) in [6.07, 6.45) is 0. The second kappa shape index (κ2) is 7.33. The quantitative estimate of drug-likeness (QED) is 0.676.